The second-order valence-corrected chi connectivity index (χ2v) is 9.47. The summed E-state index contributed by atoms with van der Waals surface area (Å²) in [5.74, 6) is -0.388. The maximum Gasteiger partial charge on any atom is 0.267 e. The molecule has 0 radical (unpaired) electrons. The zero-order valence-electron chi connectivity index (χ0n) is 16.3. The second kappa shape index (κ2) is 9.01. The van der Waals surface area contributed by atoms with Crippen LogP contribution in [0.1, 0.15) is 17.5 Å². The Morgan fingerprint density at radius 1 is 1.07 bits per heavy atom. The molecule has 5 nitrogen and oxygen atoms in total. The Hall–Kier alpha value is -2.00. The van der Waals surface area contributed by atoms with E-state index >= 15 is 0 Å². The van der Waals surface area contributed by atoms with Crippen LogP contribution in [0.3, 0.4) is 0 Å². The highest BCUT2D eigenvalue weighted by Crippen LogP contribution is 2.45. The molecule has 2 aromatic carbocycles. The fraction of sp³-hybridized carbons (Fsp3) is 0.227. The van der Waals surface area contributed by atoms with Crippen LogP contribution in [0.2, 0.25) is 0 Å². The largest absolute Gasteiger partial charge is 0.385 e. The molecule has 2 aliphatic heterocycles. The lowest BCUT2D eigenvalue weighted by Crippen LogP contribution is -2.30. The van der Waals surface area contributed by atoms with Crippen molar-refractivity contribution in [3.63, 3.8) is 0 Å². The third-order valence-corrected chi connectivity index (χ3v) is 6.91. The van der Waals surface area contributed by atoms with E-state index < -0.39 is 0 Å². The number of halogens is 1. The Labute approximate surface area is 193 Å². The number of rotatable bonds is 6. The SMILES string of the molecule is COCCCN1C(=O)/C(=C2/C(=O)N(Cc3ccccc3)c3ccc(Br)cc32)SC1=S. The van der Waals surface area contributed by atoms with Crippen LogP contribution in [0.4, 0.5) is 5.69 Å². The third kappa shape index (κ3) is 3.97. The van der Waals surface area contributed by atoms with E-state index in [1.54, 1.807) is 16.9 Å². The summed E-state index contributed by atoms with van der Waals surface area (Å²) in [6.07, 6.45) is 0.682. The summed E-state index contributed by atoms with van der Waals surface area (Å²) in [6.45, 7) is 1.46. The number of carbonyl (C=O) groups excluding carboxylic acids is 2. The summed E-state index contributed by atoms with van der Waals surface area (Å²) in [6, 6.07) is 15.5. The van der Waals surface area contributed by atoms with Crippen LogP contribution in [0.5, 0.6) is 0 Å². The summed E-state index contributed by atoms with van der Waals surface area (Å²) < 4.78 is 6.41. The molecule has 0 atom stereocenters. The van der Waals surface area contributed by atoms with Gasteiger partial charge in [0, 0.05) is 30.3 Å². The predicted octanol–water partition coefficient (Wildman–Crippen LogP) is 4.60. The smallest absolute Gasteiger partial charge is 0.267 e. The number of methoxy groups -OCH3 is 1. The van der Waals surface area contributed by atoms with Gasteiger partial charge < -0.3 is 9.64 Å². The molecule has 8 heteroatoms. The quantitative estimate of drug-likeness (QED) is 0.328. The number of thioether (sulfide) groups is 1. The van der Waals surface area contributed by atoms with E-state index in [0.717, 1.165) is 21.3 Å². The van der Waals surface area contributed by atoms with Crippen LogP contribution < -0.4 is 4.90 Å². The van der Waals surface area contributed by atoms with Crippen molar-refractivity contribution in [2.45, 2.75) is 13.0 Å². The number of amides is 2. The Bertz CT molecular complexity index is 1060. The molecule has 0 saturated carbocycles. The molecule has 4 rings (SSSR count). The lowest BCUT2D eigenvalue weighted by atomic mass is 10.1. The van der Waals surface area contributed by atoms with Gasteiger partial charge in [0.05, 0.1) is 22.7 Å². The molecular weight excluding hydrogens is 484 g/mol. The Balaban J connectivity index is 1.73. The topological polar surface area (TPSA) is 49.9 Å². The number of anilines is 1. The zero-order valence-corrected chi connectivity index (χ0v) is 19.5. The van der Waals surface area contributed by atoms with Gasteiger partial charge in [-0.2, -0.15) is 0 Å². The summed E-state index contributed by atoms with van der Waals surface area (Å²) in [5.41, 5.74) is 3.00. The minimum absolute atomic E-state index is 0.177. The monoisotopic (exact) mass is 502 g/mol. The first-order valence-electron chi connectivity index (χ1n) is 9.44. The van der Waals surface area contributed by atoms with Crippen molar-refractivity contribution in [2.24, 2.45) is 0 Å². The van der Waals surface area contributed by atoms with Gasteiger partial charge in [-0.05, 0) is 30.2 Å². The first-order valence-corrected chi connectivity index (χ1v) is 11.5. The molecule has 0 spiro atoms. The third-order valence-electron chi connectivity index (χ3n) is 4.97. The number of carbonyl (C=O) groups is 2. The van der Waals surface area contributed by atoms with Crippen molar-refractivity contribution in [3.05, 3.63) is 69.0 Å². The summed E-state index contributed by atoms with van der Waals surface area (Å²) in [7, 11) is 1.62. The minimum atomic E-state index is -0.211. The van der Waals surface area contributed by atoms with E-state index in [-0.39, 0.29) is 11.8 Å². The first-order chi connectivity index (χ1) is 14.5. The number of hydrogen-bond acceptors (Lipinski definition) is 5. The van der Waals surface area contributed by atoms with Crippen molar-refractivity contribution in [1.29, 1.82) is 0 Å². The number of benzene rings is 2. The van der Waals surface area contributed by atoms with Crippen LogP contribution in [-0.2, 0) is 20.9 Å². The lowest BCUT2D eigenvalue weighted by Gasteiger charge is -2.17. The van der Waals surface area contributed by atoms with Crippen LogP contribution in [0.15, 0.2) is 57.9 Å². The van der Waals surface area contributed by atoms with Crippen molar-refractivity contribution in [3.8, 4) is 0 Å². The number of ether oxygens (including phenoxy) is 1. The molecule has 1 fully saturated rings. The van der Waals surface area contributed by atoms with Crippen LogP contribution in [-0.4, -0.2) is 41.3 Å². The Morgan fingerprint density at radius 3 is 2.57 bits per heavy atom. The zero-order chi connectivity index (χ0) is 21.3. The highest BCUT2D eigenvalue weighted by molar-refractivity contribution is 9.10. The van der Waals surface area contributed by atoms with Gasteiger partial charge in [0.15, 0.2) is 0 Å². The maximum atomic E-state index is 13.5. The molecule has 1 saturated heterocycles. The molecular formula is C22H19BrN2O3S2. The van der Waals surface area contributed by atoms with Crippen molar-refractivity contribution >= 4 is 67.3 Å². The van der Waals surface area contributed by atoms with Gasteiger partial charge in [0.1, 0.15) is 4.32 Å². The molecule has 2 amide bonds. The second-order valence-electron chi connectivity index (χ2n) is 6.91. The molecule has 0 bridgehead atoms. The van der Waals surface area contributed by atoms with Crippen LogP contribution in [0, 0.1) is 0 Å². The molecule has 30 heavy (non-hydrogen) atoms. The molecule has 154 valence electrons. The molecule has 0 N–H and O–H groups in total. The fourth-order valence-electron chi connectivity index (χ4n) is 3.56. The number of fused-ring (bicyclic) bond motifs is 1. The van der Waals surface area contributed by atoms with Gasteiger partial charge in [-0.15, -0.1) is 0 Å². The highest BCUT2D eigenvalue weighted by atomic mass is 79.9. The van der Waals surface area contributed by atoms with Gasteiger partial charge >= 0.3 is 0 Å². The standard InChI is InChI=1S/C22H19BrN2O3S2/c1-28-11-5-10-24-21(27)19(30-22(24)29)18-16-12-15(23)8-9-17(16)25(20(18)26)13-14-6-3-2-4-7-14/h2-4,6-9,12H,5,10-11,13H2,1H3/b19-18-. The van der Waals surface area contributed by atoms with Gasteiger partial charge in [-0.1, -0.05) is 70.2 Å². The molecule has 2 aromatic rings. The summed E-state index contributed by atoms with van der Waals surface area (Å²) >= 11 is 10.1. The van der Waals surface area contributed by atoms with E-state index in [4.69, 9.17) is 17.0 Å². The van der Waals surface area contributed by atoms with Crippen LogP contribution in [0.25, 0.3) is 5.57 Å². The fourth-order valence-corrected chi connectivity index (χ4v) is 5.30. The molecule has 0 aromatic heterocycles. The number of thiocarbonyl (C=S) groups is 1. The average Bonchev–Trinajstić information content (AvgIpc) is 3.16. The summed E-state index contributed by atoms with van der Waals surface area (Å²) in [5, 5.41) is 0. The molecule has 2 heterocycles. The van der Waals surface area contributed by atoms with Crippen LogP contribution >= 0.6 is 39.9 Å². The minimum Gasteiger partial charge on any atom is -0.385 e. The maximum absolute atomic E-state index is 13.5. The Morgan fingerprint density at radius 2 is 1.83 bits per heavy atom. The Kier molecular flexibility index (Phi) is 6.38. The van der Waals surface area contributed by atoms with E-state index in [1.807, 2.05) is 48.5 Å². The molecule has 0 aliphatic carbocycles. The van der Waals surface area contributed by atoms with Gasteiger partial charge in [0.25, 0.3) is 11.8 Å². The number of hydrogen-bond donors (Lipinski definition) is 0. The van der Waals surface area contributed by atoms with E-state index in [2.05, 4.69) is 15.9 Å². The number of nitrogens with zero attached hydrogens (tertiary/aromatic N) is 2. The van der Waals surface area contributed by atoms with E-state index in [1.165, 1.54) is 11.8 Å². The van der Waals surface area contributed by atoms with Gasteiger partial charge in [-0.3, -0.25) is 14.5 Å². The average molecular weight is 503 g/mol. The molecule has 0 unspecified atom stereocenters. The lowest BCUT2D eigenvalue weighted by molar-refractivity contribution is -0.122. The van der Waals surface area contributed by atoms with Crippen molar-refractivity contribution in [2.75, 3.05) is 25.2 Å². The highest BCUT2D eigenvalue weighted by Gasteiger charge is 2.41. The first kappa shape index (κ1) is 21.2. The van der Waals surface area contributed by atoms with Crippen molar-refractivity contribution < 1.29 is 14.3 Å². The van der Waals surface area contributed by atoms with Gasteiger partial charge in [-0.25, -0.2) is 0 Å². The van der Waals surface area contributed by atoms with E-state index in [9.17, 15) is 9.59 Å². The molecule has 2 aliphatic rings. The summed E-state index contributed by atoms with van der Waals surface area (Å²) in [4.78, 5) is 30.3. The normalized spacial score (nSPS) is 18.5. The van der Waals surface area contributed by atoms with Crippen molar-refractivity contribution in [1.82, 2.24) is 4.90 Å². The van der Waals surface area contributed by atoms with E-state index in [0.29, 0.717) is 40.9 Å². The predicted molar refractivity (Wildman–Crippen MR) is 127 cm³/mol. The van der Waals surface area contributed by atoms with Gasteiger partial charge in [0.2, 0.25) is 0 Å².